The van der Waals surface area contributed by atoms with Crippen LogP contribution in [0.4, 0.5) is 14.5 Å². The molecule has 0 aliphatic rings. The number of benzene rings is 2. The van der Waals surface area contributed by atoms with E-state index < -0.39 is 33.6 Å². The van der Waals surface area contributed by atoms with Crippen molar-refractivity contribution in [1.82, 2.24) is 9.62 Å². The highest BCUT2D eigenvalue weighted by Gasteiger charge is 2.18. The van der Waals surface area contributed by atoms with Crippen molar-refractivity contribution < 1.29 is 22.0 Å². The molecule has 2 N–H and O–H groups in total. The standard InChI is InChI=1S/C18H21F2N3O3S/c1-12(16-8-7-13(19)9-17(16)20)21-11-18(24)22-14-5-4-6-15(10-14)27(25,26)23(2)3/h4-10,12,21H,11H2,1-3H3,(H,22,24)/t12-/m0/s1. The first-order chi connectivity index (χ1) is 12.6. The summed E-state index contributed by atoms with van der Waals surface area (Å²) in [5.41, 5.74) is 0.564. The van der Waals surface area contributed by atoms with E-state index in [2.05, 4.69) is 10.6 Å². The van der Waals surface area contributed by atoms with Gasteiger partial charge >= 0.3 is 0 Å². The molecule has 146 valence electrons. The molecule has 0 aliphatic heterocycles. The number of anilines is 1. The van der Waals surface area contributed by atoms with Gasteiger partial charge in [0.2, 0.25) is 15.9 Å². The SMILES string of the molecule is C[C@H](NCC(=O)Nc1cccc(S(=O)(=O)N(C)C)c1)c1ccc(F)cc1F. The molecule has 6 nitrogen and oxygen atoms in total. The van der Waals surface area contributed by atoms with E-state index in [0.29, 0.717) is 5.69 Å². The number of hydrogen-bond donors (Lipinski definition) is 2. The van der Waals surface area contributed by atoms with Gasteiger partial charge in [0.25, 0.3) is 0 Å². The lowest BCUT2D eigenvalue weighted by Gasteiger charge is -2.15. The van der Waals surface area contributed by atoms with E-state index in [1.165, 1.54) is 38.4 Å². The summed E-state index contributed by atoms with van der Waals surface area (Å²) in [6.07, 6.45) is 0. The van der Waals surface area contributed by atoms with Crippen LogP contribution in [0.1, 0.15) is 18.5 Å². The van der Waals surface area contributed by atoms with E-state index in [-0.39, 0.29) is 17.0 Å². The smallest absolute Gasteiger partial charge is 0.242 e. The highest BCUT2D eigenvalue weighted by atomic mass is 32.2. The second-order valence-corrected chi connectivity index (χ2v) is 8.28. The minimum Gasteiger partial charge on any atom is -0.325 e. The van der Waals surface area contributed by atoms with Gasteiger partial charge in [-0.2, -0.15) is 0 Å². The zero-order valence-electron chi connectivity index (χ0n) is 15.2. The molecule has 0 heterocycles. The first kappa shape index (κ1) is 20.9. The van der Waals surface area contributed by atoms with Gasteiger partial charge in [0.05, 0.1) is 11.4 Å². The normalized spacial score (nSPS) is 12.8. The minimum absolute atomic E-state index is 0.0556. The summed E-state index contributed by atoms with van der Waals surface area (Å²) in [6, 6.07) is 8.61. The predicted octanol–water partition coefficient (Wildman–Crippen LogP) is 2.50. The Labute approximate surface area is 157 Å². The Bertz CT molecular complexity index is 933. The van der Waals surface area contributed by atoms with Crippen LogP contribution in [0.5, 0.6) is 0 Å². The molecule has 0 saturated heterocycles. The third-order valence-electron chi connectivity index (χ3n) is 3.89. The average Bonchev–Trinajstić information content (AvgIpc) is 2.59. The maximum Gasteiger partial charge on any atom is 0.242 e. The van der Waals surface area contributed by atoms with E-state index in [9.17, 15) is 22.0 Å². The Hall–Kier alpha value is -2.36. The van der Waals surface area contributed by atoms with Gasteiger partial charge in [0, 0.05) is 37.5 Å². The molecule has 0 spiro atoms. The highest BCUT2D eigenvalue weighted by Crippen LogP contribution is 2.19. The van der Waals surface area contributed by atoms with Crippen LogP contribution in [0, 0.1) is 11.6 Å². The number of halogens is 2. The Kier molecular flexibility index (Phi) is 6.63. The first-order valence-corrected chi connectivity index (χ1v) is 9.56. The van der Waals surface area contributed by atoms with E-state index in [4.69, 9.17) is 0 Å². The van der Waals surface area contributed by atoms with Crippen molar-refractivity contribution in [3.8, 4) is 0 Å². The Balaban J connectivity index is 2.00. The highest BCUT2D eigenvalue weighted by molar-refractivity contribution is 7.89. The van der Waals surface area contributed by atoms with Crippen molar-refractivity contribution in [3.05, 3.63) is 59.7 Å². The van der Waals surface area contributed by atoms with Crippen molar-refractivity contribution >= 4 is 21.6 Å². The van der Waals surface area contributed by atoms with Gasteiger partial charge < -0.3 is 10.6 Å². The average molecular weight is 397 g/mol. The third kappa shape index (κ3) is 5.31. The summed E-state index contributed by atoms with van der Waals surface area (Å²) in [5.74, 6) is -1.80. The molecular weight excluding hydrogens is 376 g/mol. The number of carbonyl (C=O) groups excluding carboxylic acids is 1. The van der Waals surface area contributed by atoms with Crippen LogP contribution < -0.4 is 10.6 Å². The molecule has 0 saturated carbocycles. The fourth-order valence-corrected chi connectivity index (χ4v) is 3.31. The quantitative estimate of drug-likeness (QED) is 0.753. The summed E-state index contributed by atoms with van der Waals surface area (Å²) in [6.45, 7) is 1.51. The van der Waals surface area contributed by atoms with Gasteiger partial charge in [0.15, 0.2) is 0 Å². The zero-order valence-corrected chi connectivity index (χ0v) is 16.0. The summed E-state index contributed by atoms with van der Waals surface area (Å²) in [5, 5.41) is 5.43. The van der Waals surface area contributed by atoms with Crippen molar-refractivity contribution in [2.75, 3.05) is 26.0 Å². The Morgan fingerprint density at radius 2 is 1.85 bits per heavy atom. The molecular formula is C18H21F2N3O3S. The van der Waals surface area contributed by atoms with Crippen molar-refractivity contribution in [3.63, 3.8) is 0 Å². The van der Waals surface area contributed by atoms with E-state index >= 15 is 0 Å². The fraction of sp³-hybridized carbons (Fsp3) is 0.278. The van der Waals surface area contributed by atoms with Crippen LogP contribution in [0.25, 0.3) is 0 Å². The zero-order chi connectivity index (χ0) is 20.2. The topological polar surface area (TPSA) is 78.5 Å². The van der Waals surface area contributed by atoms with E-state index in [1.54, 1.807) is 13.0 Å². The first-order valence-electron chi connectivity index (χ1n) is 8.12. The molecule has 27 heavy (non-hydrogen) atoms. The summed E-state index contributed by atoms with van der Waals surface area (Å²) in [4.78, 5) is 12.2. The van der Waals surface area contributed by atoms with Gasteiger partial charge in [-0.15, -0.1) is 0 Å². The molecule has 1 amide bonds. The van der Waals surface area contributed by atoms with Gasteiger partial charge in [-0.3, -0.25) is 4.79 Å². The van der Waals surface area contributed by atoms with Crippen molar-refractivity contribution in [2.45, 2.75) is 17.9 Å². The van der Waals surface area contributed by atoms with Crippen LogP contribution in [0.3, 0.4) is 0 Å². The molecule has 0 aromatic heterocycles. The van der Waals surface area contributed by atoms with Crippen LogP contribution in [0.2, 0.25) is 0 Å². The summed E-state index contributed by atoms with van der Waals surface area (Å²) in [7, 11) is -0.777. The molecule has 0 radical (unpaired) electrons. The van der Waals surface area contributed by atoms with Crippen molar-refractivity contribution in [1.29, 1.82) is 0 Å². The molecule has 1 atom stereocenters. The van der Waals surface area contributed by atoms with E-state index in [0.717, 1.165) is 16.4 Å². The predicted molar refractivity (Wildman–Crippen MR) is 98.7 cm³/mol. The lowest BCUT2D eigenvalue weighted by molar-refractivity contribution is -0.115. The number of hydrogen-bond acceptors (Lipinski definition) is 4. The second-order valence-electron chi connectivity index (χ2n) is 6.13. The summed E-state index contributed by atoms with van der Waals surface area (Å²) < 4.78 is 52.1. The number of nitrogens with one attached hydrogen (secondary N) is 2. The van der Waals surface area contributed by atoms with Crippen LogP contribution in [-0.4, -0.2) is 39.3 Å². The largest absolute Gasteiger partial charge is 0.325 e. The van der Waals surface area contributed by atoms with Crippen LogP contribution >= 0.6 is 0 Å². The second kappa shape index (κ2) is 8.55. The molecule has 0 aliphatic carbocycles. The number of rotatable bonds is 7. The number of nitrogens with zero attached hydrogens (tertiary/aromatic N) is 1. The van der Waals surface area contributed by atoms with E-state index in [1.807, 2.05) is 0 Å². The van der Waals surface area contributed by atoms with Gasteiger partial charge in [-0.25, -0.2) is 21.5 Å². The third-order valence-corrected chi connectivity index (χ3v) is 5.71. The molecule has 2 aromatic carbocycles. The van der Waals surface area contributed by atoms with Crippen molar-refractivity contribution in [2.24, 2.45) is 0 Å². The molecule has 0 bridgehead atoms. The Morgan fingerprint density at radius 1 is 1.15 bits per heavy atom. The summed E-state index contributed by atoms with van der Waals surface area (Å²) >= 11 is 0. The molecule has 2 aromatic rings. The maximum atomic E-state index is 13.8. The van der Waals surface area contributed by atoms with Gasteiger partial charge in [0.1, 0.15) is 11.6 Å². The molecule has 9 heteroatoms. The lowest BCUT2D eigenvalue weighted by atomic mass is 10.1. The van der Waals surface area contributed by atoms with Gasteiger partial charge in [-0.05, 0) is 31.2 Å². The fourth-order valence-electron chi connectivity index (χ4n) is 2.36. The minimum atomic E-state index is -3.61. The number of carbonyl (C=O) groups is 1. The Morgan fingerprint density at radius 3 is 2.48 bits per heavy atom. The van der Waals surface area contributed by atoms with Crippen LogP contribution in [-0.2, 0) is 14.8 Å². The molecule has 2 rings (SSSR count). The van der Waals surface area contributed by atoms with Gasteiger partial charge in [-0.1, -0.05) is 12.1 Å². The maximum absolute atomic E-state index is 13.8. The molecule has 0 fully saturated rings. The van der Waals surface area contributed by atoms with Crippen LogP contribution in [0.15, 0.2) is 47.4 Å². The monoisotopic (exact) mass is 397 g/mol. The number of sulfonamides is 1. The molecule has 0 unspecified atom stereocenters. The number of amides is 1. The lowest BCUT2D eigenvalue weighted by Crippen LogP contribution is -2.30.